The first-order chi connectivity index (χ1) is 5.66. The molecule has 0 saturated carbocycles. The molecule has 0 saturated heterocycles. The Balaban J connectivity index is 3.15. The number of aromatic hydroxyl groups is 1. The number of phenols is 1. The number of hydrogen-bond acceptors (Lipinski definition) is 2. The van der Waals surface area contributed by atoms with Crippen molar-refractivity contribution in [2.45, 2.75) is 6.04 Å². The third-order valence-corrected chi connectivity index (χ3v) is 1.94. The van der Waals surface area contributed by atoms with Crippen LogP contribution in [0.2, 0.25) is 5.02 Å². The van der Waals surface area contributed by atoms with E-state index in [9.17, 15) is 5.11 Å². The first-order valence-corrected chi connectivity index (χ1v) is 3.90. The molecular weight excluding hydrogens is 174 g/mol. The summed E-state index contributed by atoms with van der Waals surface area (Å²) in [5.41, 5.74) is 6.22. The summed E-state index contributed by atoms with van der Waals surface area (Å²) in [6.45, 7) is 3.53. The molecule has 0 bridgehead atoms. The zero-order valence-electron chi connectivity index (χ0n) is 6.50. The van der Waals surface area contributed by atoms with Crippen molar-refractivity contribution in [3.8, 4) is 5.75 Å². The van der Waals surface area contributed by atoms with Crippen LogP contribution in [0.3, 0.4) is 0 Å². The second-order valence-electron chi connectivity index (χ2n) is 2.44. The van der Waals surface area contributed by atoms with Crippen LogP contribution in [0.5, 0.6) is 5.75 Å². The first-order valence-electron chi connectivity index (χ1n) is 3.52. The van der Waals surface area contributed by atoms with Gasteiger partial charge in [-0.2, -0.15) is 0 Å². The summed E-state index contributed by atoms with van der Waals surface area (Å²) in [6, 6.07) is 4.69. The highest BCUT2D eigenvalue weighted by atomic mass is 35.5. The molecule has 0 aliphatic carbocycles. The minimum atomic E-state index is -0.372. The van der Waals surface area contributed by atoms with Crippen LogP contribution in [-0.4, -0.2) is 5.11 Å². The van der Waals surface area contributed by atoms with E-state index in [0.29, 0.717) is 10.6 Å². The monoisotopic (exact) mass is 183 g/mol. The fraction of sp³-hybridized carbons (Fsp3) is 0.111. The van der Waals surface area contributed by atoms with Crippen LogP contribution in [0.1, 0.15) is 11.6 Å². The van der Waals surface area contributed by atoms with E-state index in [-0.39, 0.29) is 11.8 Å². The van der Waals surface area contributed by atoms with Crippen LogP contribution in [0.25, 0.3) is 0 Å². The molecule has 0 aliphatic heterocycles. The second kappa shape index (κ2) is 3.61. The third-order valence-electron chi connectivity index (χ3n) is 1.63. The summed E-state index contributed by atoms with van der Waals surface area (Å²) in [5.74, 6) is 0.0339. The number of halogens is 1. The van der Waals surface area contributed by atoms with Gasteiger partial charge in [0.05, 0.1) is 11.1 Å². The molecule has 0 amide bonds. The molecule has 0 radical (unpaired) electrons. The molecule has 1 atom stereocenters. The van der Waals surface area contributed by atoms with Gasteiger partial charge < -0.3 is 10.8 Å². The molecule has 1 aromatic carbocycles. The summed E-state index contributed by atoms with van der Waals surface area (Å²) in [4.78, 5) is 0. The van der Waals surface area contributed by atoms with Crippen molar-refractivity contribution in [2.75, 3.05) is 0 Å². The van der Waals surface area contributed by atoms with Crippen molar-refractivity contribution in [2.24, 2.45) is 5.73 Å². The molecule has 0 aliphatic rings. The van der Waals surface area contributed by atoms with Crippen LogP contribution < -0.4 is 5.73 Å². The van der Waals surface area contributed by atoms with Crippen molar-refractivity contribution in [1.82, 2.24) is 0 Å². The maximum Gasteiger partial charge on any atom is 0.139 e. The number of phenolic OH excluding ortho intramolecular Hbond substituents is 1. The molecule has 12 heavy (non-hydrogen) atoms. The van der Waals surface area contributed by atoms with Gasteiger partial charge in [0.15, 0.2) is 0 Å². The minimum Gasteiger partial charge on any atom is -0.506 e. The molecule has 0 spiro atoms. The standard InChI is InChI=1S/C9H10ClNO/c1-2-8(11)6-4-3-5-7(10)9(6)12/h2-5,8,12H,1,11H2/t8-/m1/s1. The summed E-state index contributed by atoms with van der Waals surface area (Å²) in [6.07, 6.45) is 1.55. The van der Waals surface area contributed by atoms with Gasteiger partial charge in [-0.3, -0.25) is 0 Å². The van der Waals surface area contributed by atoms with Crippen molar-refractivity contribution >= 4 is 11.6 Å². The van der Waals surface area contributed by atoms with Crippen molar-refractivity contribution < 1.29 is 5.11 Å². The molecule has 2 nitrogen and oxygen atoms in total. The van der Waals surface area contributed by atoms with Gasteiger partial charge >= 0.3 is 0 Å². The van der Waals surface area contributed by atoms with Gasteiger partial charge in [0, 0.05) is 5.56 Å². The highest BCUT2D eigenvalue weighted by Crippen LogP contribution is 2.30. The fourth-order valence-electron chi connectivity index (χ4n) is 0.928. The van der Waals surface area contributed by atoms with Crippen molar-refractivity contribution in [3.05, 3.63) is 41.4 Å². The Labute approximate surface area is 76.3 Å². The highest BCUT2D eigenvalue weighted by molar-refractivity contribution is 6.32. The van der Waals surface area contributed by atoms with Crippen molar-refractivity contribution in [3.63, 3.8) is 0 Å². The zero-order chi connectivity index (χ0) is 9.14. The third kappa shape index (κ3) is 1.60. The van der Waals surface area contributed by atoms with Crippen molar-refractivity contribution in [1.29, 1.82) is 0 Å². The van der Waals surface area contributed by atoms with E-state index in [1.54, 1.807) is 24.3 Å². The number of hydrogen-bond donors (Lipinski definition) is 2. The molecule has 1 rings (SSSR count). The van der Waals surface area contributed by atoms with Gasteiger partial charge in [-0.1, -0.05) is 29.8 Å². The molecular formula is C9H10ClNO. The van der Waals surface area contributed by atoms with Crippen LogP contribution in [0, 0.1) is 0 Å². The maximum absolute atomic E-state index is 9.44. The summed E-state index contributed by atoms with van der Waals surface area (Å²) >= 11 is 5.68. The van der Waals surface area contributed by atoms with E-state index >= 15 is 0 Å². The Morgan fingerprint density at radius 3 is 2.83 bits per heavy atom. The number of nitrogens with two attached hydrogens (primary N) is 1. The Hall–Kier alpha value is -0.990. The number of rotatable bonds is 2. The quantitative estimate of drug-likeness (QED) is 0.691. The molecule has 64 valence electrons. The molecule has 0 aromatic heterocycles. The fourth-order valence-corrected chi connectivity index (χ4v) is 1.11. The van der Waals surface area contributed by atoms with Gasteiger partial charge in [0.1, 0.15) is 5.75 Å². The van der Waals surface area contributed by atoms with Crippen LogP contribution >= 0.6 is 11.6 Å². The lowest BCUT2D eigenvalue weighted by Crippen LogP contribution is -2.06. The van der Waals surface area contributed by atoms with Crippen LogP contribution in [-0.2, 0) is 0 Å². The summed E-state index contributed by atoms with van der Waals surface area (Å²) in [5, 5.41) is 9.75. The van der Waals surface area contributed by atoms with E-state index in [4.69, 9.17) is 17.3 Å². The molecule has 0 unspecified atom stereocenters. The Bertz CT molecular complexity index is 299. The van der Waals surface area contributed by atoms with E-state index in [0.717, 1.165) is 0 Å². The molecule has 3 heteroatoms. The Morgan fingerprint density at radius 2 is 2.25 bits per heavy atom. The van der Waals surface area contributed by atoms with E-state index in [2.05, 4.69) is 6.58 Å². The largest absolute Gasteiger partial charge is 0.506 e. The van der Waals surface area contributed by atoms with Gasteiger partial charge in [-0.15, -0.1) is 6.58 Å². The number of para-hydroxylation sites is 1. The molecule has 1 aromatic rings. The zero-order valence-corrected chi connectivity index (χ0v) is 7.25. The minimum absolute atomic E-state index is 0.0339. The molecule has 0 heterocycles. The highest BCUT2D eigenvalue weighted by Gasteiger charge is 2.09. The average Bonchev–Trinajstić information content (AvgIpc) is 2.08. The first kappa shape index (κ1) is 9.10. The van der Waals surface area contributed by atoms with Gasteiger partial charge in [0.2, 0.25) is 0 Å². The summed E-state index contributed by atoms with van der Waals surface area (Å²) in [7, 11) is 0. The Morgan fingerprint density at radius 1 is 1.58 bits per heavy atom. The van der Waals surface area contributed by atoms with Gasteiger partial charge in [-0.05, 0) is 6.07 Å². The number of benzene rings is 1. The predicted octanol–water partition coefficient (Wildman–Crippen LogP) is 2.23. The predicted molar refractivity (Wildman–Crippen MR) is 50.2 cm³/mol. The van der Waals surface area contributed by atoms with E-state index in [1.165, 1.54) is 0 Å². The average molecular weight is 184 g/mol. The van der Waals surface area contributed by atoms with Crippen LogP contribution in [0.4, 0.5) is 0 Å². The van der Waals surface area contributed by atoms with Crippen LogP contribution in [0.15, 0.2) is 30.9 Å². The SMILES string of the molecule is C=C[C@@H](N)c1cccc(Cl)c1O. The normalized spacial score (nSPS) is 12.5. The topological polar surface area (TPSA) is 46.2 Å². The van der Waals surface area contributed by atoms with Gasteiger partial charge in [-0.25, -0.2) is 0 Å². The Kier molecular flexibility index (Phi) is 2.74. The molecule has 0 fully saturated rings. The van der Waals surface area contributed by atoms with E-state index in [1.807, 2.05) is 0 Å². The smallest absolute Gasteiger partial charge is 0.139 e. The second-order valence-corrected chi connectivity index (χ2v) is 2.85. The molecule has 3 N–H and O–H groups in total. The summed E-state index contributed by atoms with van der Waals surface area (Å²) < 4.78 is 0. The lowest BCUT2D eigenvalue weighted by atomic mass is 10.1. The van der Waals surface area contributed by atoms with E-state index < -0.39 is 0 Å². The lowest BCUT2D eigenvalue weighted by Gasteiger charge is -2.09. The lowest BCUT2D eigenvalue weighted by molar-refractivity contribution is 0.466. The maximum atomic E-state index is 9.44. The van der Waals surface area contributed by atoms with Gasteiger partial charge in [0.25, 0.3) is 0 Å².